The Bertz CT molecular complexity index is 229. The highest BCUT2D eigenvalue weighted by molar-refractivity contribution is 7.54. The molecule has 0 amide bonds. The number of hydrogen-bond donors (Lipinski definition) is 0. The van der Waals surface area contributed by atoms with Gasteiger partial charge in [-0.25, -0.2) is 0 Å². The zero-order chi connectivity index (χ0) is 11.7. The predicted molar refractivity (Wildman–Crippen MR) is 57.0 cm³/mol. The summed E-state index contributed by atoms with van der Waals surface area (Å²) in [6.07, 6.45) is 0.411. The van der Waals surface area contributed by atoms with Crippen LogP contribution in [0.4, 0.5) is 0 Å². The molecule has 0 rings (SSSR count). The van der Waals surface area contributed by atoms with E-state index in [0.29, 0.717) is 6.61 Å². The van der Waals surface area contributed by atoms with Crippen LogP contribution in [-0.4, -0.2) is 32.0 Å². The lowest BCUT2D eigenvalue weighted by Crippen LogP contribution is -2.13. The van der Waals surface area contributed by atoms with Gasteiger partial charge in [0.1, 0.15) is 6.16 Å². The molecule has 0 aromatic heterocycles. The van der Waals surface area contributed by atoms with Gasteiger partial charge in [-0.15, -0.1) is 0 Å². The Morgan fingerprint density at radius 3 is 2.27 bits per heavy atom. The second-order valence-corrected chi connectivity index (χ2v) is 4.88. The molecule has 1 atom stereocenters. The summed E-state index contributed by atoms with van der Waals surface area (Å²) in [7, 11) is -3.30. The lowest BCUT2D eigenvalue weighted by Gasteiger charge is -2.16. The van der Waals surface area contributed by atoms with Gasteiger partial charge in [0, 0.05) is 0 Å². The van der Waals surface area contributed by atoms with Crippen LogP contribution in [0.5, 0.6) is 0 Å². The van der Waals surface area contributed by atoms with E-state index in [1.54, 1.807) is 13.8 Å². The molecule has 0 bridgehead atoms. The Kier molecular flexibility index (Phi) is 7.65. The van der Waals surface area contributed by atoms with Crippen molar-refractivity contribution in [2.24, 2.45) is 0 Å². The van der Waals surface area contributed by atoms with Crippen LogP contribution >= 0.6 is 7.60 Å². The standard InChI is InChI=1S/C9H19O5P/c1-4-7-14-15(11,13-6-3)8-9(10)12-5-2/h4-8H2,1-3H3. The Labute approximate surface area is 90.6 Å². The van der Waals surface area contributed by atoms with E-state index >= 15 is 0 Å². The lowest BCUT2D eigenvalue weighted by atomic mass is 10.5. The normalized spacial score (nSPS) is 14.6. The minimum Gasteiger partial charge on any atom is -0.466 e. The first-order valence-electron chi connectivity index (χ1n) is 5.11. The van der Waals surface area contributed by atoms with E-state index in [-0.39, 0.29) is 19.4 Å². The first kappa shape index (κ1) is 14.6. The molecule has 90 valence electrons. The van der Waals surface area contributed by atoms with Crippen molar-refractivity contribution in [3.05, 3.63) is 0 Å². The second-order valence-electron chi connectivity index (χ2n) is 2.83. The number of hydrogen-bond acceptors (Lipinski definition) is 5. The zero-order valence-corrected chi connectivity index (χ0v) is 10.4. The molecule has 0 saturated carbocycles. The summed E-state index contributed by atoms with van der Waals surface area (Å²) >= 11 is 0. The van der Waals surface area contributed by atoms with Crippen molar-refractivity contribution >= 4 is 13.6 Å². The Morgan fingerprint density at radius 1 is 1.13 bits per heavy atom. The fraction of sp³-hybridized carbons (Fsp3) is 0.889. The van der Waals surface area contributed by atoms with Crippen LogP contribution in [0.2, 0.25) is 0 Å². The van der Waals surface area contributed by atoms with Crippen LogP contribution in [-0.2, 0) is 23.1 Å². The minimum atomic E-state index is -3.30. The summed E-state index contributed by atoms with van der Waals surface area (Å²) in [5, 5.41) is 0. The van der Waals surface area contributed by atoms with Crippen molar-refractivity contribution in [3.8, 4) is 0 Å². The first-order valence-corrected chi connectivity index (χ1v) is 6.84. The lowest BCUT2D eigenvalue weighted by molar-refractivity contribution is -0.140. The number of carbonyl (C=O) groups excluding carboxylic acids is 1. The van der Waals surface area contributed by atoms with Crippen LogP contribution in [0.15, 0.2) is 0 Å². The van der Waals surface area contributed by atoms with Gasteiger partial charge < -0.3 is 13.8 Å². The van der Waals surface area contributed by atoms with Gasteiger partial charge in [0.2, 0.25) is 0 Å². The largest absolute Gasteiger partial charge is 0.466 e. The number of rotatable bonds is 8. The van der Waals surface area contributed by atoms with Gasteiger partial charge in [-0.1, -0.05) is 6.92 Å². The van der Waals surface area contributed by atoms with Gasteiger partial charge in [-0.2, -0.15) is 0 Å². The van der Waals surface area contributed by atoms with Crippen LogP contribution in [0.25, 0.3) is 0 Å². The monoisotopic (exact) mass is 238 g/mol. The molecule has 0 heterocycles. The fourth-order valence-electron chi connectivity index (χ4n) is 0.920. The van der Waals surface area contributed by atoms with Crippen LogP contribution in [0.1, 0.15) is 27.2 Å². The average Bonchev–Trinajstić information content (AvgIpc) is 2.15. The van der Waals surface area contributed by atoms with E-state index in [4.69, 9.17) is 13.8 Å². The Morgan fingerprint density at radius 2 is 1.80 bits per heavy atom. The maximum atomic E-state index is 11.9. The molecular formula is C9H19O5P. The van der Waals surface area contributed by atoms with E-state index in [9.17, 15) is 9.36 Å². The summed E-state index contributed by atoms with van der Waals surface area (Å²) in [4.78, 5) is 11.1. The van der Waals surface area contributed by atoms with Gasteiger partial charge in [0.25, 0.3) is 0 Å². The van der Waals surface area contributed by atoms with Gasteiger partial charge in [0.15, 0.2) is 0 Å². The second kappa shape index (κ2) is 7.85. The van der Waals surface area contributed by atoms with E-state index in [1.807, 2.05) is 6.92 Å². The van der Waals surface area contributed by atoms with Gasteiger partial charge in [-0.3, -0.25) is 9.36 Å². The van der Waals surface area contributed by atoms with Crippen molar-refractivity contribution in [3.63, 3.8) is 0 Å². The molecule has 0 fully saturated rings. The van der Waals surface area contributed by atoms with Crippen molar-refractivity contribution in [2.75, 3.05) is 26.0 Å². The summed E-state index contributed by atoms with van der Waals surface area (Å²) in [5.74, 6) is -0.551. The van der Waals surface area contributed by atoms with E-state index in [2.05, 4.69) is 0 Å². The van der Waals surface area contributed by atoms with E-state index in [1.165, 1.54) is 0 Å². The Balaban J connectivity index is 4.23. The maximum Gasteiger partial charge on any atom is 0.341 e. The van der Waals surface area contributed by atoms with Crippen LogP contribution in [0, 0.1) is 0 Å². The fourth-order valence-corrected chi connectivity index (χ4v) is 2.44. The average molecular weight is 238 g/mol. The molecule has 0 aromatic carbocycles. The molecule has 0 spiro atoms. The van der Waals surface area contributed by atoms with Crippen LogP contribution < -0.4 is 0 Å². The van der Waals surface area contributed by atoms with Gasteiger partial charge >= 0.3 is 13.6 Å². The quantitative estimate of drug-likeness (QED) is 0.479. The molecule has 0 saturated heterocycles. The molecule has 1 unspecified atom stereocenters. The topological polar surface area (TPSA) is 61.8 Å². The zero-order valence-electron chi connectivity index (χ0n) is 9.52. The van der Waals surface area contributed by atoms with Crippen molar-refractivity contribution in [1.29, 1.82) is 0 Å². The first-order chi connectivity index (χ1) is 7.08. The minimum absolute atomic E-state index is 0.250. The third-order valence-electron chi connectivity index (χ3n) is 1.45. The number of esters is 1. The summed E-state index contributed by atoms with van der Waals surface area (Å²) < 4.78 is 26.7. The summed E-state index contributed by atoms with van der Waals surface area (Å²) in [6.45, 7) is 6.11. The molecule has 6 heteroatoms. The molecule has 0 aliphatic rings. The predicted octanol–water partition coefficient (Wildman–Crippen LogP) is 2.21. The van der Waals surface area contributed by atoms with E-state index in [0.717, 1.165) is 6.42 Å². The van der Waals surface area contributed by atoms with E-state index < -0.39 is 13.6 Å². The molecule has 5 nitrogen and oxygen atoms in total. The highest BCUT2D eigenvalue weighted by Crippen LogP contribution is 2.47. The Hall–Kier alpha value is -0.380. The third-order valence-corrected chi connectivity index (χ3v) is 3.32. The number of carbonyl (C=O) groups is 1. The molecule has 0 aliphatic carbocycles. The molecule has 0 aliphatic heterocycles. The number of ether oxygens (including phenoxy) is 1. The highest BCUT2D eigenvalue weighted by Gasteiger charge is 2.28. The van der Waals surface area contributed by atoms with Crippen molar-refractivity contribution < 1.29 is 23.1 Å². The van der Waals surface area contributed by atoms with Crippen molar-refractivity contribution in [2.45, 2.75) is 27.2 Å². The maximum absolute atomic E-state index is 11.9. The van der Waals surface area contributed by atoms with Crippen molar-refractivity contribution in [1.82, 2.24) is 0 Å². The molecule has 0 aromatic rings. The highest BCUT2D eigenvalue weighted by atomic mass is 31.2. The SMILES string of the molecule is CCCOP(=O)(CC(=O)OCC)OCC. The summed E-state index contributed by atoms with van der Waals surface area (Å²) in [6, 6.07) is 0. The van der Waals surface area contributed by atoms with Gasteiger partial charge in [0.05, 0.1) is 19.8 Å². The van der Waals surface area contributed by atoms with Crippen LogP contribution in [0.3, 0.4) is 0 Å². The smallest absolute Gasteiger partial charge is 0.341 e. The molecule has 0 N–H and O–H groups in total. The third kappa shape index (κ3) is 6.66. The molecule has 15 heavy (non-hydrogen) atoms. The van der Waals surface area contributed by atoms with Gasteiger partial charge in [-0.05, 0) is 20.3 Å². The molecular weight excluding hydrogens is 219 g/mol. The molecule has 0 radical (unpaired) electrons. The summed E-state index contributed by atoms with van der Waals surface area (Å²) in [5.41, 5.74) is 0.